The molecule has 31 heavy (non-hydrogen) atoms. The van der Waals surface area contributed by atoms with Crippen LogP contribution in [0.5, 0.6) is 0 Å². The molecule has 0 saturated carbocycles. The Morgan fingerprint density at radius 3 is 2.29 bits per heavy atom. The molecule has 0 radical (unpaired) electrons. The molecule has 2 aromatic heterocycles. The number of hydrogen-bond donors (Lipinski definition) is 1. The third kappa shape index (κ3) is 5.10. The highest BCUT2D eigenvalue weighted by molar-refractivity contribution is 5.90. The van der Waals surface area contributed by atoms with Gasteiger partial charge in [0.1, 0.15) is 17.8 Å². The van der Waals surface area contributed by atoms with E-state index in [1.54, 1.807) is 6.92 Å². The summed E-state index contributed by atoms with van der Waals surface area (Å²) in [7, 11) is 0. The van der Waals surface area contributed by atoms with Crippen molar-refractivity contribution in [2.45, 2.75) is 25.8 Å². The molecule has 0 bridgehead atoms. The van der Waals surface area contributed by atoms with Crippen molar-refractivity contribution in [3.63, 3.8) is 0 Å². The molecule has 0 aliphatic heterocycles. The molecule has 0 fully saturated rings. The number of benzene rings is 1. The van der Waals surface area contributed by atoms with E-state index in [1.165, 1.54) is 6.08 Å². The van der Waals surface area contributed by atoms with Crippen LogP contribution in [0.15, 0.2) is 35.1 Å². The van der Waals surface area contributed by atoms with Crippen LogP contribution in [-0.4, -0.2) is 25.8 Å². The maximum absolute atomic E-state index is 13.0. The highest BCUT2D eigenvalue weighted by Gasteiger charge is 2.37. The third-order valence-electron chi connectivity index (χ3n) is 4.09. The first kappa shape index (κ1) is 22.1. The van der Waals surface area contributed by atoms with Crippen LogP contribution in [0, 0.1) is 6.92 Å². The molecule has 1 aromatic carbocycles. The number of aromatic nitrogens is 4. The quantitative estimate of drug-likeness (QED) is 0.475. The van der Waals surface area contributed by atoms with E-state index in [9.17, 15) is 31.1 Å². The van der Waals surface area contributed by atoms with Crippen LogP contribution in [0.4, 0.5) is 26.3 Å². The number of halogens is 6. The molecule has 0 aliphatic carbocycles. The SMILES string of the molecule is Cc1onc(Cn2cnc(-c3cc(C(F)(F)F)cc(C(F)(F)F)c3)n2)c1/C=C/C(N)=O. The second-order valence-corrected chi connectivity index (χ2v) is 6.40. The summed E-state index contributed by atoms with van der Waals surface area (Å²) in [6, 6.07) is 1.10. The largest absolute Gasteiger partial charge is 0.416 e. The fourth-order valence-corrected chi connectivity index (χ4v) is 2.66. The minimum absolute atomic E-state index is 0.0238. The fourth-order valence-electron chi connectivity index (χ4n) is 2.66. The number of alkyl halides is 6. The number of carbonyl (C=O) groups excluding carboxylic acids is 1. The predicted molar refractivity (Wildman–Crippen MR) is 94.0 cm³/mol. The molecule has 0 atom stereocenters. The number of nitrogens with two attached hydrogens (primary N) is 1. The lowest BCUT2D eigenvalue weighted by molar-refractivity contribution is -0.143. The van der Waals surface area contributed by atoms with Crippen LogP contribution in [0.3, 0.4) is 0 Å². The molecule has 0 spiro atoms. The standard InChI is InChI=1S/C18H13F6N5O2/c1-9-13(2-3-15(25)30)14(28-31-9)7-29-8-26-16(27-29)10-4-11(17(19,20)21)6-12(5-10)18(22,23)24/h2-6,8H,7H2,1H3,(H2,25,30)/b3-2+. The number of amides is 1. The number of aryl methyl sites for hydroxylation is 1. The molecule has 0 aliphatic rings. The van der Waals surface area contributed by atoms with E-state index < -0.39 is 35.0 Å². The summed E-state index contributed by atoms with van der Waals surface area (Å²) in [5, 5.41) is 7.74. The molecule has 164 valence electrons. The van der Waals surface area contributed by atoms with Gasteiger partial charge >= 0.3 is 12.4 Å². The summed E-state index contributed by atoms with van der Waals surface area (Å²) in [6.45, 7) is 1.50. The van der Waals surface area contributed by atoms with Gasteiger partial charge in [-0.1, -0.05) is 5.16 Å². The van der Waals surface area contributed by atoms with E-state index in [-0.39, 0.29) is 18.4 Å². The maximum atomic E-state index is 13.0. The Bertz CT molecular complexity index is 1110. The van der Waals surface area contributed by atoms with E-state index in [0.717, 1.165) is 17.1 Å². The molecule has 13 heteroatoms. The van der Waals surface area contributed by atoms with E-state index in [0.29, 0.717) is 29.2 Å². The maximum Gasteiger partial charge on any atom is 0.416 e. The number of hydrogen-bond acceptors (Lipinski definition) is 5. The Kier molecular flexibility index (Phi) is 5.61. The summed E-state index contributed by atoms with van der Waals surface area (Å²) in [6.07, 6.45) is -6.41. The topological polar surface area (TPSA) is 99.8 Å². The third-order valence-corrected chi connectivity index (χ3v) is 4.09. The first-order valence-corrected chi connectivity index (χ1v) is 8.46. The van der Waals surface area contributed by atoms with Gasteiger partial charge in [0.25, 0.3) is 0 Å². The van der Waals surface area contributed by atoms with Gasteiger partial charge in [-0.05, 0) is 31.2 Å². The highest BCUT2D eigenvalue weighted by atomic mass is 19.4. The van der Waals surface area contributed by atoms with Gasteiger partial charge in [0, 0.05) is 17.2 Å². The van der Waals surface area contributed by atoms with Gasteiger partial charge < -0.3 is 10.3 Å². The average molecular weight is 445 g/mol. The molecule has 2 N–H and O–H groups in total. The number of carbonyl (C=O) groups is 1. The predicted octanol–water partition coefficient (Wildman–Crippen LogP) is 3.83. The van der Waals surface area contributed by atoms with Crippen LogP contribution in [0.1, 0.15) is 28.1 Å². The normalized spacial score (nSPS) is 12.6. The molecule has 0 unspecified atom stereocenters. The highest BCUT2D eigenvalue weighted by Crippen LogP contribution is 2.38. The zero-order chi connectivity index (χ0) is 23.0. The summed E-state index contributed by atoms with van der Waals surface area (Å²) in [5.74, 6) is -0.689. The van der Waals surface area contributed by atoms with Crippen LogP contribution < -0.4 is 5.73 Å². The van der Waals surface area contributed by atoms with E-state index in [2.05, 4.69) is 15.2 Å². The molecule has 1 amide bonds. The van der Waals surface area contributed by atoms with Crippen molar-refractivity contribution in [1.82, 2.24) is 19.9 Å². The lowest BCUT2D eigenvalue weighted by atomic mass is 10.0. The Hall–Kier alpha value is -3.64. The Morgan fingerprint density at radius 2 is 1.74 bits per heavy atom. The summed E-state index contributed by atoms with van der Waals surface area (Å²) in [5.41, 5.74) is 2.38. The van der Waals surface area contributed by atoms with Crippen LogP contribution in [0.2, 0.25) is 0 Å². The van der Waals surface area contributed by atoms with Crippen LogP contribution >= 0.6 is 0 Å². The zero-order valence-corrected chi connectivity index (χ0v) is 15.6. The lowest BCUT2D eigenvalue weighted by Gasteiger charge is -2.13. The minimum atomic E-state index is -4.99. The van der Waals surface area contributed by atoms with E-state index in [1.807, 2.05) is 0 Å². The zero-order valence-electron chi connectivity index (χ0n) is 15.6. The number of primary amides is 1. The van der Waals surface area contributed by atoms with E-state index in [4.69, 9.17) is 10.3 Å². The smallest absolute Gasteiger partial charge is 0.366 e. The van der Waals surface area contributed by atoms with Gasteiger partial charge in [0.15, 0.2) is 5.82 Å². The van der Waals surface area contributed by atoms with Gasteiger partial charge in [-0.15, -0.1) is 0 Å². The van der Waals surface area contributed by atoms with Crippen molar-refractivity contribution in [2.24, 2.45) is 5.73 Å². The minimum Gasteiger partial charge on any atom is -0.366 e. The Morgan fingerprint density at radius 1 is 1.13 bits per heavy atom. The molecular weight excluding hydrogens is 432 g/mol. The number of nitrogens with zero attached hydrogens (tertiary/aromatic N) is 4. The van der Waals surface area contributed by atoms with Gasteiger partial charge in [-0.2, -0.15) is 31.4 Å². The average Bonchev–Trinajstić information content (AvgIpc) is 3.25. The van der Waals surface area contributed by atoms with Crippen molar-refractivity contribution in [2.75, 3.05) is 0 Å². The monoisotopic (exact) mass is 445 g/mol. The summed E-state index contributed by atoms with van der Waals surface area (Å²) in [4.78, 5) is 14.7. The van der Waals surface area contributed by atoms with Crippen molar-refractivity contribution in [3.05, 3.63) is 58.7 Å². The van der Waals surface area contributed by atoms with Crippen molar-refractivity contribution in [3.8, 4) is 11.4 Å². The Balaban J connectivity index is 1.96. The fraction of sp³-hybridized carbons (Fsp3) is 0.222. The van der Waals surface area contributed by atoms with Gasteiger partial charge in [0.05, 0.1) is 17.7 Å². The summed E-state index contributed by atoms with van der Waals surface area (Å²) >= 11 is 0. The molecule has 0 saturated heterocycles. The first-order chi connectivity index (χ1) is 14.3. The Labute approximate surface area is 170 Å². The lowest BCUT2D eigenvalue weighted by Crippen LogP contribution is -2.11. The molecule has 7 nitrogen and oxygen atoms in total. The second kappa shape index (κ2) is 7.89. The second-order valence-electron chi connectivity index (χ2n) is 6.40. The van der Waals surface area contributed by atoms with Crippen molar-refractivity contribution in [1.29, 1.82) is 0 Å². The van der Waals surface area contributed by atoms with Gasteiger partial charge in [-0.3, -0.25) is 4.79 Å². The molecular formula is C18H13F6N5O2. The first-order valence-electron chi connectivity index (χ1n) is 8.46. The molecule has 3 rings (SSSR count). The van der Waals surface area contributed by atoms with Crippen molar-refractivity contribution >= 4 is 12.0 Å². The van der Waals surface area contributed by atoms with Crippen molar-refractivity contribution < 1.29 is 35.7 Å². The summed E-state index contributed by atoms with van der Waals surface area (Å²) < 4.78 is 84.5. The number of rotatable bonds is 5. The van der Waals surface area contributed by atoms with Crippen LogP contribution in [0.25, 0.3) is 17.5 Å². The van der Waals surface area contributed by atoms with E-state index >= 15 is 0 Å². The molecule has 2 heterocycles. The van der Waals surface area contributed by atoms with Crippen LogP contribution in [-0.2, 0) is 23.7 Å². The molecule has 3 aromatic rings. The van der Waals surface area contributed by atoms with Gasteiger partial charge in [-0.25, -0.2) is 9.67 Å². The van der Waals surface area contributed by atoms with Gasteiger partial charge in [0.2, 0.25) is 5.91 Å².